The first-order chi connectivity index (χ1) is 14.9. The Hall–Kier alpha value is -3.09. The standard InChI is InChI=1S/C23H21Cl2N3O3/c1-3-31-21-19(24)11-17(12-20(21)25)13-26-27-22(29)18-5-4-10-28(23(18)30)14-16-8-6-15(2)7-9-16/h4-13H,3,14H2,1-2H3,(H,27,29)/b26-13-. The van der Waals surface area contributed by atoms with Crippen LogP contribution in [0.3, 0.4) is 0 Å². The van der Waals surface area contributed by atoms with Crippen molar-refractivity contribution in [1.82, 2.24) is 9.99 Å². The zero-order chi connectivity index (χ0) is 22.4. The molecule has 1 N–H and O–H groups in total. The number of nitrogens with one attached hydrogen (secondary N) is 1. The quantitative estimate of drug-likeness (QED) is 0.413. The number of amides is 1. The summed E-state index contributed by atoms with van der Waals surface area (Å²) < 4.78 is 6.86. The van der Waals surface area contributed by atoms with Gasteiger partial charge in [0.2, 0.25) is 0 Å². The minimum atomic E-state index is -0.609. The topological polar surface area (TPSA) is 72.7 Å². The van der Waals surface area contributed by atoms with Crippen LogP contribution in [0.5, 0.6) is 5.75 Å². The van der Waals surface area contributed by atoms with Crippen LogP contribution >= 0.6 is 23.2 Å². The molecule has 0 atom stereocenters. The van der Waals surface area contributed by atoms with Gasteiger partial charge in [0.1, 0.15) is 5.56 Å². The molecule has 0 saturated carbocycles. The van der Waals surface area contributed by atoms with E-state index in [9.17, 15) is 9.59 Å². The molecule has 0 aliphatic heterocycles. The average Bonchev–Trinajstić information content (AvgIpc) is 2.74. The molecular weight excluding hydrogens is 437 g/mol. The van der Waals surface area contributed by atoms with E-state index < -0.39 is 11.5 Å². The van der Waals surface area contributed by atoms with Crippen molar-refractivity contribution >= 4 is 35.3 Å². The Kier molecular flexibility index (Phi) is 7.50. The third-order valence-corrected chi connectivity index (χ3v) is 4.99. The number of hydrogen-bond donors (Lipinski definition) is 1. The summed E-state index contributed by atoms with van der Waals surface area (Å²) in [5.74, 6) is -0.215. The Morgan fingerprint density at radius 1 is 1.16 bits per heavy atom. The van der Waals surface area contributed by atoms with E-state index in [1.54, 1.807) is 24.4 Å². The largest absolute Gasteiger partial charge is 0.491 e. The number of carbonyl (C=O) groups is 1. The Bertz CT molecular complexity index is 1150. The fraction of sp³-hybridized carbons (Fsp3) is 0.174. The molecule has 31 heavy (non-hydrogen) atoms. The highest BCUT2D eigenvalue weighted by Crippen LogP contribution is 2.33. The molecule has 0 saturated heterocycles. The molecule has 0 spiro atoms. The molecule has 0 aliphatic rings. The third-order valence-electron chi connectivity index (χ3n) is 4.43. The summed E-state index contributed by atoms with van der Waals surface area (Å²) in [6, 6.07) is 14.2. The van der Waals surface area contributed by atoms with Crippen LogP contribution in [0.2, 0.25) is 10.0 Å². The summed E-state index contributed by atoms with van der Waals surface area (Å²) in [5.41, 5.74) is 4.63. The molecule has 1 aromatic heterocycles. The lowest BCUT2D eigenvalue weighted by molar-refractivity contribution is 0.0953. The van der Waals surface area contributed by atoms with Crippen molar-refractivity contribution in [2.24, 2.45) is 5.10 Å². The average molecular weight is 458 g/mol. The maximum atomic E-state index is 12.7. The fourth-order valence-electron chi connectivity index (χ4n) is 2.89. The van der Waals surface area contributed by atoms with Crippen molar-refractivity contribution in [3.05, 3.63) is 97.4 Å². The number of hydrogen-bond acceptors (Lipinski definition) is 4. The van der Waals surface area contributed by atoms with Gasteiger partial charge in [-0.15, -0.1) is 0 Å². The number of aromatic nitrogens is 1. The van der Waals surface area contributed by atoms with Crippen LogP contribution in [0.1, 0.15) is 34.0 Å². The van der Waals surface area contributed by atoms with E-state index in [0.29, 0.717) is 34.5 Å². The van der Waals surface area contributed by atoms with Gasteiger partial charge in [0.25, 0.3) is 11.5 Å². The minimum Gasteiger partial charge on any atom is -0.491 e. The van der Waals surface area contributed by atoms with Crippen LogP contribution in [0.4, 0.5) is 0 Å². The number of carbonyl (C=O) groups excluding carboxylic acids is 1. The fourth-order valence-corrected chi connectivity index (χ4v) is 3.50. The van der Waals surface area contributed by atoms with Crippen LogP contribution in [0.25, 0.3) is 0 Å². The molecule has 3 aromatic rings. The Labute approximate surface area is 190 Å². The minimum absolute atomic E-state index is 0.00507. The van der Waals surface area contributed by atoms with Gasteiger partial charge >= 0.3 is 0 Å². The van der Waals surface area contributed by atoms with Gasteiger partial charge in [0.15, 0.2) is 5.75 Å². The van der Waals surface area contributed by atoms with Crippen LogP contribution in [-0.2, 0) is 6.54 Å². The van der Waals surface area contributed by atoms with Crippen molar-refractivity contribution in [2.75, 3.05) is 6.61 Å². The smallest absolute Gasteiger partial charge is 0.276 e. The van der Waals surface area contributed by atoms with E-state index in [2.05, 4.69) is 10.5 Å². The summed E-state index contributed by atoms with van der Waals surface area (Å²) >= 11 is 12.3. The lowest BCUT2D eigenvalue weighted by atomic mass is 10.1. The molecule has 160 valence electrons. The van der Waals surface area contributed by atoms with Crippen molar-refractivity contribution in [1.29, 1.82) is 0 Å². The van der Waals surface area contributed by atoms with Gasteiger partial charge < -0.3 is 9.30 Å². The van der Waals surface area contributed by atoms with E-state index in [1.807, 2.05) is 38.1 Å². The lowest BCUT2D eigenvalue weighted by Gasteiger charge is -2.09. The predicted molar refractivity (Wildman–Crippen MR) is 124 cm³/mol. The first kappa shape index (κ1) is 22.6. The molecule has 0 aliphatic carbocycles. The van der Waals surface area contributed by atoms with Gasteiger partial charge in [0, 0.05) is 6.20 Å². The summed E-state index contributed by atoms with van der Waals surface area (Å²) in [4.78, 5) is 25.2. The van der Waals surface area contributed by atoms with E-state index in [4.69, 9.17) is 27.9 Å². The number of benzene rings is 2. The highest BCUT2D eigenvalue weighted by molar-refractivity contribution is 6.37. The molecular formula is C23H21Cl2N3O3. The molecule has 1 heterocycles. The molecule has 1 amide bonds. The SMILES string of the molecule is CCOc1c(Cl)cc(/C=N\NC(=O)c2cccn(Cc3ccc(C)cc3)c2=O)cc1Cl. The molecule has 0 fully saturated rings. The lowest BCUT2D eigenvalue weighted by Crippen LogP contribution is -2.30. The van der Waals surface area contributed by atoms with Crippen LogP contribution < -0.4 is 15.7 Å². The monoisotopic (exact) mass is 457 g/mol. The van der Waals surface area contributed by atoms with E-state index in [1.165, 1.54) is 16.8 Å². The maximum Gasteiger partial charge on any atom is 0.276 e. The molecule has 6 nitrogen and oxygen atoms in total. The molecule has 0 radical (unpaired) electrons. The summed E-state index contributed by atoms with van der Waals surface area (Å²) in [7, 11) is 0. The van der Waals surface area contributed by atoms with Gasteiger partial charge in [-0.2, -0.15) is 5.10 Å². The normalized spacial score (nSPS) is 11.0. The highest BCUT2D eigenvalue weighted by Gasteiger charge is 2.12. The second-order valence-electron chi connectivity index (χ2n) is 6.79. The van der Waals surface area contributed by atoms with Gasteiger partial charge in [-0.05, 0) is 49.2 Å². The van der Waals surface area contributed by atoms with E-state index >= 15 is 0 Å². The number of ether oxygens (including phenoxy) is 1. The van der Waals surface area contributed by atoms with Crippen LogP contribution in [0.15, 0.2) is 64.6 Å². The van der Waals surface area contributed by atoms with E-state index in [0.717, 1.165) is 11.1 Å². The molecule has 0 unspecified atom stereocenters. The second kappa shape index (κ2) is 10.3. The number of rotatable bonds is 7. The Balaban J connectivity index is 1.72. The summed E-state index contributed by atoms with van der Waals surface area (Å²) in [6.07, 6.45) is 3.03. The van der Waals surface area contributed by atoms with Crippen molar-refractivity contribution < 1.29 is 9.53 Å². The molecule has 2 aromatic carbocycles. The zero-order valence-electron chi connectivity index (χ0n) is 17.1. The van der Waals surface area contributed by atoms with Gasteiger partial charge in [-0.25, -0.2) is 5.43 Å². The first-order valence-electron chi connectivity index (χ1n) is 9.59. The molecule has 8 heteroatoms. The van der Waals surface area contributed by atoms with Gasteiger partial charge in [0.05, 0.1) is 29.4 Å². The van der Waals surface area contributed by atoms with Crippen molar-refractivity contribution in [2.45, 2.75) is 20.4 Å². The van der Waals surface area contributed by atoms with Crippen LogP contribution in [0, 0.1) is 6.92 Å². The highest BCUT2D eigenvalue weighted by atomic mass is 35.5. The number of pyridine rings is 1. The number of hydrazone groups is 1. The van der Waals surface area contributed by atoms with Crippen LogP contribution in [-0.4, -0.2) is 23.3 Å². The third kappa shape index (κ3) is 5.75. The van der Waals surface area contributed by atoms with E-state index in [-0.39, 0.29) is 5.56 Å². The van der Waals surface area contributed by atoms with Crippen molar-refractivity contribution in [3.63, 3.8) is 0 Å². The number of halogens is 2. The molecule has 3 rings (SSSR count). The number of nitrogens with zero attached hydrogens (tertiary/aromatic N) is 2. The summed E-state index contributed by atoms with van der Waals surface area (Å²) in [6.45, 7) is 4.63. The number of aryl methyl sites for hydroxylation is 1. The van der Waals surface area contributed by atoms with Crippen molar-refractivity contribution in [3.8, 4) is 5.75 Å². The first-order valence-corrected chi connectivity index (χ1v) is 10.3. The predicted octanol–water partition coefficient (Wildman–Crippen LogP) is 4.67. The summed E-state index contributed by atoms with van der Waals surface area (Å²) in [5, 5.41) is 4.58. The Morgan fingerprint density at radius 3 is 2.48 bits per heavy atom. The van der Waals surface area contributed by atoms with Gasteiger partial charge in [-0.1, -0.05) is 53.0 Å². The van der Waals surface area contributed by atoms with Gasteiger partial charge in [-0.3, -0.25) is 9.59 Å². The zero-order valence-corrected chi connectivity index (χ0v) is 18.6. The maximum absolute atomic E-state index is 12.7. The molecule has 0 bridgehead atoms. The second-order valence-corrected chi connectivity index (χ2v) is 7.60. The Morgan fingerprint density at radius 2 is 1.84 bits per heavy atom.